The van der Waals surface area contributed by atoms with Gasteiger partial charge < -0.3 is 9.52 Å². The number of rotatable bonds is 2. The quantitative estimate of drug-likeness (QED) is 0.521. The van der Waals surface area contributed by atoms with Crippen LogP contribution in [0.4, 0.5) is 0 Å². The van der Waals surface area contributed by atoms with Crippen LogP contribution < -0.4 is 0 Å². The molecule has 0 saturated carbocycles. The summed E-state index contributed by atoms with van der Waals surface area (Å²) in [4.78, 5) is 0. The molecule has 1 atom stereocenters. The van der Waals surface area contributed by atoms with Gasteiger partial charge in [0.15, 0.2) is 0 Å². The van der Waals surface area contributed by atoms with Gasteiger partial charge in [0.25, 0.3) is 0 Å². The Hall–Kier alpha value is -2.10. The molecule has 3 heteroatoms. The Labute approximate surface area is 136 Å². The molecule has 4 rings (SSSR count). The van der Waals surface area contributed by atoms with Crippen LogP contribution in [0.1, 0.15) is 17.2 Å². The number of aliphatic hydroxyl groups excluding tert-OH is 1. The van der Waals surface area contributed by atoms with Crippen molar-refractivity contribution in [1.29, 1.82) is 0 Å². The molecule has 0 fully saturated rings. The average molecular weight is 353 g/mol. The Morgan fingerprint density at radius 1 is 0.773 bits per heavy atom. The molecule has 1 heterocycles. The smallest absolute Gasteiger partial charge is 0.135 e. The first-order chi connectivity index (χ1) is 10.7. The lowest BCUT2D eigenvalue weighted by molar-refractivity contribution is 0.220. The SMILES string of the molecule is O[C@@H](c1ccc(Br)cc1)c1ccc2c(c1)oc1ccccc12. The second kappa shape index (κ2) is 5.27. The van der Waals surface area contributed by atoms with E-state index in [1.165, 1.54) is 0 Å². The molecule has 1 N–H and O–H groups in total. The van der Waals surface area contributed by atoms with Crippen molar-refractivity contribution in [2.75, 3.05) is 0 Å². The molecule has 0 spiro atoms. The summed E-state index contributed by atoms with van der Waals surface area (Å²) < 4.78 is 6.88. The molecule has 0 aliphatic carbocycles. The van der Waals surface area contributed by atoms with Crippen LogP contribution >= 0.6 is 15.9 Å². The van der Waals surface area contributed by atoms with Gasteiger partial charge in [0.05, 0.1) is 0 Å². The number of halogens is 1. The zero-order chi connectivity index (χ0) is 15.1. The van der Waals surface area contributed by atoms with Crippen LogP contribution in [-0.2, 0) is 0 Å². The third-order valence-corrected chi connectivity index (χ3v) is 4.43. The Kier molecular flexibility index (Phi) is 3.25. The molecule has 0 saturated heterocycles. The van der Waals surface area contributed by atoms with Gasteiger partial charge in [-0.2, -0.15) is 0 Å². The molecule has 0 radical (unpaired) electrons. The number of para-hydroxylation sites is 1. The highest BCUT2D eigenvalue weighted by atomic mass is 79.9. The molecule has 0 unspecified atom stereocenters. The number of furan rings is 1. The van der Waals surface area contributed by atoms with Crippen molar-refractivity contribution in [2.45, 2.75) is 6.10 Å². The fourth-order valence-electron chi connectivity index (χ4n) is 2.75. The minimum Gasteiger partial charge on any atom is -0.456 e. The first-order valence-electron chi connectivity index (χ1n) is 7.07. The van der Waals surface area contributed by atoms with E-state index < -0.39 is 6.10 Å². The largest absolute Gasteiger partial charge is 0.456 e. The highest BCUT2D eigenvalue weighted by Gasteiger charge is 2.13. The van der Waals surface area contributed by atoms with Crippen LogP contribution in [0, 0.1) is 0 Å². The topological polar surface area (TPSA) is 33.4 Å². The van der Waals surface area contributed by atoms with E-state index in [1.54, 1.807) is 0 Å². The summed E-state index contributed by atoms with van der Waals surface area (Å²) in [6.45, 7) is 0. The van der Waals surface area contributed by atoms with Gasteiger partial charge in [-0.05, 0) is 35.4 Å². The summed E-state index contributed by atoms with van der Waals surface area (Å²) in [6.07, 6.45) is -0.661. The molecule has 0 bridgehead atoms. The fraction of sp³-hybridized carbons (Fsp3) is 0.0526. The molecule has 0 aliphatic rings. The minimum absolute atomic E-state index is 0.661. The number of hydrogen-bond acceptors (Lipinski definition) is 2. The third-order valence-electron chi connectivity index (χ3n) is 3.90. The van der Waals surface area contributed by atoms with Crippen LogP contribution in [0.25, 0.3) is 21.9 Å². The van der Waals surface area contributed by atoms with Gasteiger partial charge in [-0.3, -0.25) is 0 Å². The molecule has 0 amide bonds. The lowest BCUT2D eigenvalue weighted by Gasteiger charge is -2.11. The Balaban J connectivity index is 1.81. The number of benzene rings is 3. The van der Waals surface area contributed by atoms with Crippen LogP contribution in [0.5, 0.6) is 0 Å². The van der Waals surface area contributed by atoms with Crippen molar-refractivity contribution >= 4 is 37.9 Å². The maximum Gasteiger partial charge on any atom is 0.135 e. The van der Waals surface area contributed by atoms with E-state index in [-0.39, 0.29) is 0 Å². The van der Waals surface area contributed by atoms with E-state index in [0.29, 0.717) is 0 Å². The summed E-state index contributed by atoms with van der Waals surface area (Å²) >= 11 is 3.41. The highest BCUT2D eigenvalue weighted by Crippen LogP contribution is 2.32. The van der Waals surface area contributed by atoms with Crippen molar-refractivity contribution in [3.05, 3.63) is 82.3 Å². The lowest BCUT2D eigenvalue weighted by Crippen LogP contribution is -1.98. The average Bonchev–Trinajstić information content (AvgIpc) is 2.92. The molecule has 4 aromatic rings. The monoisotopic (exact) mass is 352 g/mol. The summed E-state index contributed by atoms with van der Waals surface area (Å²) in [5.41, 5.74) is 3.36. The van der Waals surface area contributed by atoms with Crippen molar-refractivity contribution in [2.24, 2.45) is 0 Å². The van der Waals surface area contributed by atoms with Gasteiger partial charge in [-0.1, -0.05) is 58.4 Å². The predicted octanol–water partition coefficient (Wildman–Crippen LogP) is 5.43. The number of fused-ring (bicyclic) bond motifs is 3. The third kappa shape index (κ3) is 2.23. The Bertz CT molecular complexity index is 954. The molecular formula is C19H13BrO2. The first kappa shape index (κ1) is 13.6. The van der Waals surface area contributed by atoms with Crippen LogP contribution in [0.15, 0.2) is 75.6 Å². The summed E-state index contributed by atoms with van der Waals surface area (Å²) in [6, 6.07) is 21.5. The zero-order valence-corrected chi connectivity index (χ0v) is 13.2. The van der Waals surface area contributed by atoms with Crippen molar-refractivity contribution in [1.82, 2.24) is 0 Å². The minimum atomic E-state index is -0.661. The molecule has 1 aromatic heterocycles. The summed E-state index contributed by atoms with van der Waals surface area (Å²) in [7, 11) is 0. The number of hydrogen-bond donors (Lipinski definition) is 1. The Morgan fingerprint density at radius 2 is 1.45 bits per heavy atom. The normalized spacial score (nSPS) is 12.8. The summed E-state index contributed by atoms with van der Waals surface area (Å²) in [5.74, 6) is 0. The molecule has 0 aliphatic heterocycles. The molecule has 22 heavy (non-hydrogen) atoms. The standard InChI is InChI=1S/C19H13BrO2/c20-14-8-5-12(6-9-14)19(21)13-7-10-16-15-3-1-2-4-17(15)22-18(16)11-13/h1-11,19,21H/t19-/m0/s1. The maximum atomic E-state index is 10.6. The maximum absolute atomic E-state index is 10.6. The van der Waals surface area contributed by atoms with Gasteiger partial charge in [0.2, 0.25) is 0 Å². The van der Waals surface area contributed by atoms with Crippen LogP contribution in [-0.4, -0.2) is 5.11 Å². The van der Waals surface area contributed by atoms with Crippen LogP contribution in [0.2, 0.25) is 0 Å². The van der Waals surface area contributed by atoms with E-state index in [0.717, 1.165) is 37.5 Å². The van der Waals surface area contributed by atoms with Gasteiger partial charge >= 0.3 is 0 Å². The van der Waals surface area contributed by atoms with Crippen molar-refractivity contribution < 1.29 is 9.52 Å². The van der Waals surface area contributed by atoms with E-state index in [2.05, 4.69) is 15.9 Å². The second-order valence-corrected chi connectivity index (χ2v) is 6.22. The van der Waals surface area contributed by atoms with Gasteiger partial charge in [0.1, 0.15) is 17.3 Å². The van der Waals surface area contributed by atoms with Gasteiger partial charge in [-0.25, -0.2) is 0 Å². The first-order valence-corrected chi connectivity index (χ1v) is 7.86. The van der Waals surface area contributed by atoms with E-state index in [1.807, 2.05) is 66.7 Å². The van der Waals surface area contributed by atoms with Gasteiger partial charge in [-0.15, -0.1) is 0 Å². The Morgan fingerprint density at radius 3 is 2.27 bits per heavy atom. The zero-order valence-electron chi connectivity index (χ0n) is 11.7. The fourth-order valence-corrected chi connectivity index (χ4v) is 3.01. The molecule has 2 nitrogen and oxygen atoms in total. The highest BCUT2D eigenvalue weighted by molar-refractivity contribution is 9.10. The van der Waals surface area contributed by atoms with E-state index in [9.17, 15) is 5.11 Å². The molecule has 108 valence electrons. The molecule has 3 aromatic carbocycles. The van der Waals surface area contributed by atoms with E-state index >= 15 is 0 Å². The van der Waals surface area contributed by atoms with Crippen molar-refractivity contribution in [3.8, 4) is 0 Å². The predicted molar refractivity (Wildman–Crippen MR) is 91.9 cm³/mol. The van der Waals surface area contributed by atoms with Crippen molar-refractivity contribution in [3.63, 3.8) is 0 Å². The lowest BCUT2D eigenvalue weighted by atomic mass is 10.0. The second-order valence-electron chi connectivity index (χ2n) is 5.31. The molecular weight excluding hydrogens is 340 g/mol. The van der Waals surface area contributed by atoms with Gasteiger partial charge in [0, 0.05) is 15.2 Å². The summed E-state index contributed by atoms with van der Waals surface area (Å²) in [5, 5.41) is 12.7. The van der Waals surface area contributed by atoms with Crippen LogP contribution in [0.3, 0.4) is 0 Å². The van der Waals surface area contributed by atoms with E-state index in [4.69, 9.17) is 4.42 Å². The number of aliphatic hydroxyl groups is 1.